The molecule has 0 aliphatic carbocycles. The van der Waals surface area contributed by atoms with Gasteiger partial charge in [-0.2, -0.15) is 0 Å². The van der Waals surface area contributed by atoms with Crippen LogP contribution in [-0.2, 0) is 27.8 Å². The Morgan fingerprint density at radius 1 is 1.07 bits per heavy atom. The van der Waals surface area contributed by atoms with Gasteiger partial charge in [-0.1, -0.05) is 18.2 Å². The van der Waals surface area contributed by atoms with Crippen molar-refractivity contribution in [2.24, 2.45) is 0 Å². The number of anilines is 2. The second kappa shape index (κ2) is 6.05. The fourth-order valence-corrected chi connectivity index (χ4v) is 5.23. The first kappa shape index (κ1) is 17.2. The van der Waals surface area contributed by atoms with Gasteiger partial charge in [0.1, 0.15) is 0 Å². The number of carbonyl (C=O) groups excluding carboxylic acids is 1. The summed E-state index contributed by atoms with van der Waals surface area (Å²) in [5.74, 6) is -0.125. The first-order chi connectivity index (χ1) is 13.5. The zero-order chi connectivity index (χ0) is 19.5. The van der Waals surface area contributed by atoms with Crippen molar-refractivity contribution in [2.75, 3.05) is 23.3 Å². The number of rotatable bonds is 3. The number of hydrogen-bond acceptors (Lipinski definition) is 4. The van der Waals surface area contributed by atoms with Crippen LogP contribution >= 0.6 is 0 Å². The van der Waals surface area contributed by atoms with Crippen LogP contribution < -0.4 is 9.62 Å². The van der Waals surface area contributed by atoms with Crippen molar-refractivity contribution < 1.29 is 17.9 Å². The molecular weight excluding hydrogens is 376 g/mol. The number of ether oxygens (including phenoxy) is 1. The van der Waals surface area contributed by atoms with Gasteiger partial charge in [0.05, 0.1) is 23.8 Å². The minimum atomic E-state index is -3.82. The van der Waals surface area contributed by atoms with E-state index < -0.39 is 10.0 Å². The highest BCUT2D eigenvalue weighted by Crippen LogP contribution is 2.39. The first-order valence-electron chi connectivity index (χ1n) is 9.02. The summed E-state index contributed by atoms with van der Waals surface area (Å²) in [7, 11) is -2.12. The van der Waals surface area contributed by atoms with Crippen LogP contribution in [0.1, 0.15) is 21.5 Å². The highest BCUT2D eigenvalue weighted by molar-refractivity contribution is 7.93. The molecule has 0 saturated heterocycles. The highest BCUT2D eigenvalue weighted by Gasteiger charge is 2.30. The van der Waals surface area contributed by atoms with Crippen molar-refractivity contribution in [1.82, 2.24) is 0 Å². The molecule has 6 nitrogen and oxygen atoms in total. The second-order valence-electron chi connectivity index (χ2n) is 7.07. The highest BCUT2D eigenvalue weighted by atomic mass is 32.2. The lowest BCUT2D eigenvalue weighted by Gasteiger charge is -2.18. The fraction of sp³-hybridized carbons (Fsp3) is 0.190. The molecule has 3 aromatic carbocycles. The van der Waals surface area contributed by atoms with Crippen molar-refractivity contribution in [3.05, 3.63) is 65.2 Å². The summed E-state index contributed by atoms with van der Waals surface area (Å²) in [6.45, 7) is 1.19. The minimum Gasteiger partial charge on any atom is -0.376 e. The van der Waals surface area contributed by atoms with Gasteiger partial charge in [-0.15, -0.1) is 0 Å². The average Bonchev–Trinajstić information content (AvgIpc) is 2.94. The van der Waals surface area contributed by atoms with Crippen LogP contribution in [0.5, 0.6) is 0 Å². The Morgan fingerprint density at radius 3 is 2.79 bits per heavy atom. The van der Waals surface area contributed by atoms with E-state index in [9.17, 15) is 13.2 Å². The molecular formula is C21H18N2O4S. The van der Waals surface area contributed by atoms with E-state index in [1.165, 1.54) is 0 Å². The van der Waals surface area contributed by atoms with Gasteiger partial charge in [-0.25, -0.2) is 8.42 Å². The molecule has 0 atom stereocenters. The van der Waals surface area contributed by atoms with Crippen LogP contribution in [0.2, 0.25) is 0 Å². The summed E-state index contributed by atoms with van der Waals surface area (Å²) in [5.41, 5.74) is 3.96. The molecule has 7 heteroatoms. The van der Waals surface area contributed by atoms with Crippen molar-refractivity contribution in [3.63, 3.8) is 0 Å². The number of fused-ring (bicyclic) bond motifs is 1. The minimum absolute atomic E-state index is 0.125. The molecule has 2 aliphatic heterocycles. The third kappa shape index (κ3) is 2.51. The van der Waals surface area contributed by atoms with Crippen molar-refractivity contribution >= 4 is 38.1 Å². The van der Waals surface area contributed by atoms with E-state index in [1.807, 2.05) is 12.1 Å². The van der Waals surface area contributed by atoms with E-state index in [1.54, 1.807) is 48.3 Å². The van der Waals surface area contributed by atoms with Gasteiger partial charge in [0.2, 0.25) is 0 Å². The fourth-order valence-electron chi connectivity index (χ4n) is 3.98. The molecule has 142 valence electrons. The molecule has 0 aromatic heterocycles. The summed E-state index contributed by atoms with van der Waals surface area (Å²) in [5, 5.41) is 1.23. The lowest BCUT2D eigenvalue weighted by molar-refractivity contribution is 0.0999. The molecule has 28 heavy (non-hydrogen) atoms. The van der Waals surface area contributed by atoms with Crippen LogP contribution in [0.4, 0.5) is 11.4 Å². The summed E-state index contributed by atoms with van der Waals surface area (Å²) >= 11 is 0. The Kier molecular flexibility index (Phi) is 3.72. The molecule has 3 aromatic rings. The first-order valence-corrected chi connectivity index (χ1v) is 10.5. The number of nitrogens with zero attached hydrogens (tertiary/aromatic N) is 1. The van der Waals surface area contributed by atoms with Gasteiger partial charge in [-0.3, -0.25) is 9.52 Å². The van der Waals surface area contributed by atoms with Gasteiger partial charge in [-0.05, 0) is 47.9 Å². The van der Waals surface area contributed by atoms with Crippen molar-refractivity contribution in [3.8, 4) is 0 Å². The van der Waals surface area contributed by atoms with Crippen molar-refractivity contribution in [2.45, 2.75) is 17.9 Å². The van der Waals surface area contributed by atoms with Gasteiger partial charge in [0, 0.05) is 29.1 Å². The molecule has 0 radical (unpaired) electrons. The molecule has 2 aliphatic rings. The third-order valence-corrected chi connectivity index (χ3v) is 6.84. The predicted molar refractivity (Wildman–Crippen MR) is 107 cm³/mol. The van der Waals surface area contributed by atoms with Gasteiger partial charge in [0.25, 0.3) is 15.9 Å². The van der Waals surface area contributed by atoms with E-state index in [0.717, 1.165) is 23.2 Å². The zero-order valence-electron chi connectivity index (χ0n) is 15.2. The maximum atomic E-state index is 13.2. The average molecular weight is 394 g/mol. The molecule has 5 rings (SSSR count). The SMILES string of the molecule is CN1C(=O)c2cccc3c(S(=O)(=O)Nc4ccc5c(c4)CCOC5)ccc1c23. The Hall–Kier alpha value is -2.90. The monoisotopic (exact) mass is 394 g/mol. The molecule has 1 N–H and O–H groups in total. The van der Waals surface area contributed by atoms with E-state index in [4.69, 9.17) is 4.74 Å². The number of nitrogens with one attached hydrogen (secondary N) is 1. The topological polar surface area (TPSA) is 75.7 Å². The maximum absolute atomic E-state index is 13.2. The van der Waals surface area contributed by atoms with Gasteiger partial charge in [0.15, 0.2) is 0 Å². The Bertz CT molecular complexity index is 1250. The Balaban J connectivity index is 1.60. The van der Waals surface area contributed by atoms with Gasteiger partial charge >= 0.3 is 0 Å². The van der Waals surface area contributed by atoms with Crippen LogP contribution in [0.3, 0.4) is 0 Å². The number of hydrogen-bond donors (Lipinski definition) is 1. The zero-order valence-corrected chi connectivity index (χ0v) is 16.0. The molecule has 1 amide bonds. The molecule has 0 bridgehead atoms. The van der Waals surface area contributed by atoms with Crippen LogP contribution in [-0.4, -0.2) is 28.0 Å². The molecule has 2 heterocycles. The quantitative estimate of drug-likeness (QED) is 0.740. The number of sulfonamides is 1. The van der Waals surface area contributed by atoms with E-state index in [2.05, 4.69) is 4.72 Å². The lowest BCUT2D eigenvalue weighted by Crippen LogP contribution is -2.20. The maximum Gasteiger partial charge on any atom is 0.262 e. The molecule has 0 unspecified atom stereocenters. The largest absolute Gasteiger partial charge is 0.376 e. The predicted octanol–water partition coefficient (Wildman–Crippen LogP) is 3.30. The van der Waals surface area contributed by atoms with E-state index in [0.29, 0.717) is 35.2 Å². The third-order valence-electron chi connectivity index (χ3n) is 5.40. The Labute approximate surface area is 162 Å². The summed E-state index contributed by atoms with van der Waals surface area (Å²) in [6.07, 6.45) is 0.764. The summed E-state index contributed by atoms with van der Waals surface area (Å²) in [4.78, 5) is 14.1. The van der Waals surface area contributed by atoms with E-state index in [-0.39, 0.29) is 10.8 Å². The summed E-state index contributed by atoms with van der Waals surface area (Å²) < 4.78 is 34.4. The normalized spacial score (nSPS) is 15.8. The van der Waals surface area contributed by atoms with Crippen LogP contribution in [0.25, 0.3) is 10.8 Å². The number of carbonyl (C=O) groups is 1. The summed E-state index contributed by atoms with van der Waals surface area (Å²) in [6, 6.07) is 14.0. The molecule has 0 fully saturated rings. The Morgan fingerprint density at radius 2 is 1.93 bits per heavy atom. The lowest BCUT2D eigenvalue weighted by atomic mass is 10.0. The molecule has 0 spiro atoms. The smallest absolute Gasteiger partial charge is 0.262 e. The van der Waals surface area contributed by atoms with Crippen molar-refractivity contribution in [1.29, 1.82) is 0 Å². The van der Waals surface area contributed by atoms with E-state index >= 15 is 0 Å². The number of benzene rings is 3. The second-order valence-corrected chi connectivity index (χ2v) is 8.72. The molecule has 0 saturated carbocycles. The van der Waals surface area contributed by atoms with Crippen LogP contribution in [0, 0.1) is 0 Å². The van der Waals surface area contributed by atoms with Crippen LogP contribution in [0.15, 0.2) is 53.4 Å². The van der Waals surface area contributed by atoms with Gasteiger partial charge < -0.3 is 9.64 Å². The number of amides is 1. The standard InChI is InChI=1S/C21H18N2O4S/c1-23-18-7-8-19(16-3-2-4-17(20(16)18)21(23)24)28(25,26)22-15-6-5-14-12-27-10-9-13(14)11-15/h2-8,11,22H,9-10,12H2,1H3.